The molecule has 0 aromatic carbocycles. The van der Waals surface area contributed by atoms with E-state index >= 15 is 0 Å². The zero-order valence-corrected chi connectivity index (χ0v) is 19.3. The third-order valence-corrected chi connectivity index (χ3v) is 10.3. The van der Waals surface area contributed by atoms with E-state index in [1.165, 1.54) is 57.8 Å². The van der Waals surface area contributed by atoms with Crippen LogP contribution in [0.5, 0.6) is 0 Å². The van der Waals surface area contributed by atoms with Gasteiger partial charge in [0.2, 0.25) is 0 Å². The molecule has 0 saturated heterocycles. The Morgan fingerprint density at radius 1 is 1.00 bits per heavy atom. The van der Waals surface area contributed by atoms with Gasteiger partial charge in [-0.25, -0.2) is 0 Å². The van der Waals surface area contributed by atoms with Crippen LogP contribution in [0.2, 0.25) is 0 Å². The third-order valence-electron chi connectivity index (χ3n) is 10.3. The van der Waals surface area contributed by atoms with Gasteiger partial charge < -0.3 is 5.11 Å². The van der Waals surface area contributed by atoms with E-state index < -0.39 is 0 Å². The van der Waals surface area contributed by atoms with Crippen molar-refractivity contribution in [2.75, 3.05) is 0 Å². The maximum Gasteiger partial charge on any atom is 0.0577 e. The Bertz CT molecular complexity index is 591. The van der Waals surface area contributed by atoms with Gasteiger partial charge in [0, 0.05) is 0 Å². The molecule has 0 heterocycles. The minimum absolute atomic E-state index is 0.0766. The monoisotopic (exact) mass is 386 g/mol. The summed E-state index contributed by atoms with van der Waals surface area (Å²) in [6.45, 7) is 12.6. The normalized spacial score (nSPS) is 46.5. The van der Waals surface area contributed by atoms with Crippen molar-refractivity contribution in [2.45, 2.75) is 111 Å². The van der Waals surface area contributed by atoms with Crippen LogP contribution in [-0.4, -0.2) is 11.2 Å². The van der Waals surface area contributed by atoms with Gasteiger partial charge in [-0.2, -0.15) is 0 Å². The van der Waals surface area contributed by atoms with Gasteiger partial charge in [0.15, 0.2) is 0 Å². The van der Waals surface area contributed by atoms with E-state index in [1.54, 1.807) is 5.57 Å². The van der Waals surface area contributed by atoms with Gasteiger partial charge in [0.1, 0.15) is 0 Å². The summed E-state index contributed by atoms with van der Waals surface area (Å²) < 4.78 is 0. The van der Waals surface area contributed by atoms with Crippen LogP contribution in [0.4, 0.5) is 0 Å². The van der Waals surface area contributed by atoms with Gasteiger partial charge in [-0.3, -0.25) is 0 Å². The number of hydrogen-bond acceptors (Lipinski definition) is 1. The van der Waals surface area contributed by atoms with Crippen LogP contribution in [0.1, 0.15) is 105 Å². The quantitative estimate of drug-likeness (QED) is 0.488. The zero-order valence-electron chi connectivity index (χ0n) is 19.3. The number of rotatable bonds is 5. The summed E-state index contributed by atoms with van der Waals surface area (Å²) in [5.74, 6) is 5.46. The number of hydrogen-bond donors (Lipinski definition) is 1. The van der Waals surface area contributed by atoms with Gasteiger partial charge in [-0.05, 0) is 97.7 Å². The average Bonchev–Trinajstić information content (AvgIpc) is 2.99. The SMILES string of the molecule is CC(C)CCC[C@@H](C)C1CC[C@H]2C3CC=C4CC(O)CCC4(C)C3CCC12C. The second-order valence-electron chi connectivity index (χ2n) is 12.2. The van der Waals surface area contributed by atoms with Crippen molar-refractivity contribution < 1.29 is 5.11 Å². The molecule has 3 saturated carbocycles. The fourth-order valence-electron chi connectivity index (χ4n) is 8.67. The molecule has 0 aromatic rings. The minimum atomic E-state index is -0.0766. The van der Waals surface area contributed by atoms with Crippen molar-refractivity contribution in [1.29, 1.82) is 0 Å². The third kappa shape index (κ3) is 3.42. The van der Waals surface area contributed by atoms with Crippen LogP contribution in [-0.2, 0) is 0 Å². The zero-order chi connectivity index (χ0) is 20.1. The van der Waals surface area contributed by atoms with Crippen molar-refractivity contribution in [3.8, 4) is 0 Å². The van der Waals surface area contributed by atoms with Crippen molar-refractivity contribution in [1.82, 2.24) is 0 Å². The summed E-state index contributed by atoms with van der Waals surface area (Å²) in [6.07, 6.45) is 17.2. The van der Waals surface area contributed by atoms with Crippen molar-refractivity contribution >= 4 is 0 Å². The van der Waals surface area contributed by atoms with Crippen LogP contribution in [0, 0.1) is 46.3 Å². The van der Waals surface area contributed by atoms with Crippen LogP contribution < -0.4 is 0 Å². The number of allylic oxidation sites excluding steroid dienone is 1. The molecular weight excluding hydrogens is 340 g/mol. The molecule has 1 nitrogen and oxygen atoms in total. The Kier molecular flexibility index (Phi) is 5.80. The summed E-state index contributed by atoms with van der Waals surface area (Å²) in [5, 5.41) is 10.2. The number of aliphatic hydroxyl groups excluding tert-OH is 1. The summed E-state index contributed by atoms with van der Waals surface area (Å²) >= 11 is 0. The molecule has 0 bridgehead atoms. The number of fused-ring (bicyclic) bond motifs is 5. The average molecular weight is 387 g/mol. The van der Waals surface area contributed by atoms with Crippen molar-refractivity contribution in [3.63, 3.8) is 0 Å². The summed E-state index contributed by atoms with van der Waals surface area (Å²) in [7, 11) is 0. The highest BCUT2D eigenvalue weighted by atomic mass is 16.3. The minimum Gasteiger partial charge on any atom is -0.393 e. The molecule has 8 atom stereocenters. The lowest BCUT2D eigenvalue weighted by Crippen LogP contribution is -2.50. The second kappa shape index (κ2) is 7.75. The molecule has 6 unspecified atom stereocenters. The summed E-state index contributed by atoms with van der Waals surface area (Å²) in [6, 6.07) is 0. The summed E-state index contributed by atoms with van der Waals surface area (Å²) in [5.41, 5.74) is 2.60. The standard InChI is InChI=1S/C27H46O/c1-18(2)7-6-8-19(3)23-11-12-24-22-10-9-20-17-21(28)13-15-26(20,4)25(22)14-16-27(23,24)5/h9,18-19,21-25,28H,6-8,10-17H2,1-5H3/t19-,21?,22?,23?,24+,25?,26?,27?/m1/s1. The predicted molar refractivity (Wildman–Crippen MR) is 119 cm³/mol. The highest BCUT2D eigenvalue weighted by Gasteiger charge is 2.59. The molecule has 0 radical (unpaired) electrons. The Morgan fingerprint density at radius 3 is 2.54 bits per heavy atom. The van der Waals surface area contributed by atoms with Gasteiger partial charge in [-0.15, -0.1) is 0 Å². The number of aliphatic hydroxyl groups is 1. The van der Waals surface area contributed by atoms with Crippen molar-refractivity contribution in [2.24, 2.45) is 46.3 Å². The molecule has 0 spiro atoms. The van der Waals surface area contributed by atoms with Crippen LogP contribution in [0.25, 0.3) is 0 Å². The maximum absolute atomic E-state index is 10.2. The first kappa shape index (κ1) is 21.0. The highest BCUT2D eigenvalue weighted by Crippen LogP contribution is 2.67. The fraction of sp³-hybridized carbons (Fsp3) is 0.926. The van der Waals surface area contributed by atoms with Crippen LogP contribution in [0.15, 0.2) is 11.6 Å². The highest BCUT2D eigenvalue weighted by molar-refractivity contribution is 5.25. The first-order valence-electron chi connectivity index (χ1n) is 12.6. The Balaban J connectivity index is 1.49. The van der Waals surface area contributed by atoms with Gasteiger partial charge in [-0.1, -0.05) is 65.5 Å². The van der Waals surface area contributed by atoms with E-state index in [4.69, 9.17) is 0 Å². The molecule has 3 fully saturated rings. The molecule has 4 rings (SSSR count). The summed E-state index contributed by atoms with van der Waals surface area (Å²) in [4.78, 5) is 0. The smallest absolute Gasteiger partial charge is 0.0577 e. The van der Waals surface area contributed by atoms with E-state index in [-0.39, 0.29) is 6.10 Å². The van der Waals surface area contributed by atoms with E-state index in [2.05, 4.69) is 40.7 Å². The Hall–Kier alpha value is -0.300. The molecule has 28 heavy (non-hydrogen) atoms. The van der Waals surface area contributed by atoms with E-state index in [0.29, 0.717) is 10.8 Å². The molecule has 0 aliphatic heterocycles. The molecule has 0 amide bonds. The van der Waals surface area contributed by atoms with Gasteiger partial charge >= 0.3 is 0 Å². The molecule has 4 aliphatic rings. The molecular formula is C27H46O. The van der Waals surface area contributed by atoms with Crippen LogP contribution >= 0.6 is 0 Å². The lowest BCUT2D eigenvalue weighted by molar-refractivity contribution is -0.0573. The fourth-order valence-corrected chi connectivity index (χ4v) is 8.67. The first-order valence-corrected chi connectivity index (χ1v) is 12.6. The molecule has 0 aromatic heterocycles. The van der Waals surface area contributed by atoms with Crippen LogP contribution in [0.3, 0.4) is 0 Å². The topological polar surface area (TPSA) is 20.2 Å². The van der Waals surface area contributed by atoms with E-state index in [9.17, 15) is 5.11 Å². The molecule has 1 heteroatoms. The first-order chi connectivity index (χ1) is 13.3. The lowest BCUT2D eigenvalue weighted by atomic mass is 9.47. The molecule has 4 aliphatic carbocycles. The van der Waals surface area contributed by atoms with Gasteiger partial charge in [0.05, 0.1) is 6.10 Å². The molecule has 160 valence electrons. The van der Waals surface area contributed by atoms with Gasteiger partial charge in [0.25, 0.3) is 0 Å². The Labute approximate surface area is 174 Å². The lowest BCUT2D eigenvalue weighted by Gasteiger charge is -2.58. The van der Waals surface area contributed by atoms with E-state index in [1.807, 2.05) is 0 Å². The Morgan fingerprint density at radius 2 is 1.79 bits per heavy atom. The van der Waals surface area contributed by atoms with E-state index in [0.717, 1.165) is 48.3 Å². The second-order valence-corrected chi connectivity index (χ2v) is 12.2. The van der Waals surface area contributed by atoms with Crippen molar-refractivity contribution in [3.05, 3.63) is 11.6 Å². The molecule has 1 N–H and O–H groups in total. The maximum atomic E-state index is 10.2. The largest absolute Gasteiger partial charge is 0.393 e. The predicted octanol–water partition coefficient (Wildman–Crippen LogP) is 7.39.